The van der Waals surface area contributed by atoms with Crippen molar-refractivity contribution >= 4 is 11.6 Å². The number of benzene rings is 2. The number of methoxy groups -OCH3 is 1. The van der Waals surface area contributed by atoms with Crippen molar-refractivity contribution in [3.8, 4) is 11.1 Å². The van der Waals surface area contributed by atoms with E-state index in [4.69, 9.17) is 16.3 Å². The molecule has 1 nitrogen and oxygen atoms in total. The third-order valence-electron chi connectivity index (χ3n) is 8.46. The standard InChI is InChI=1S/C30H40ClFO/c1-33-20-2-3-22-6-12-25(13-7-22)26-14-8-23(9-15-26)4-5-24-10-16-27(17-11-24)28-18-19-29(31)30(32)21-28/h10-11,16-19,21-23,25-26H,2-9,12-15,20H2,1H3. The molecule has 2 fully saturated rings. The fourth-order valence-electron chi connectivity index (χ4n) is 6.32. The van der Waals surface area contributed by atoms with Crippen LogP contribution in [-0.4, -0.2) is 13.7 Å². The molecule has 2 saturated carbocycles. The molecule has 0 amide bonds. The lowest BCUT2D eigenvalue weighted by molar-refractivity contribution is 0.133. The molecule has 0 N–H and O–H groups in total. The van der Waals surface area contributed by atoms with E-state index in [2.05, 4.69) is 24.3 Å². The van der Waals surface area contributed by atoms with E-state index in [1.165, 1.54) is 82.3 Å². The minimum Gasteiger partial charge on any atom is -0.385 e. The van der Waals surface area contributed by atoms with Crippen LogP contribution in [0.2, 0.25) is 5.02 Å². The zero-order chi connectivity index (χ0) is 23.0. The lowest BCUT2D eigenvalue weighted by atomic mass is 9.68. The van der Waals surface area contributed by atoms with E-state index in [1.54, 1.807) is 6.07 Å². The van der Waals surface area contributed by atoms with E-state index in [0.29, 0.717) is 0 Å². The molecular formula is C30H40ClFO. The second-order valence-corrected chi connectivity index (χ2v) is 11.0. The van der Waals surface area contributed by atoms with Gasteiger partial charge < -0.3 is 4.74 Å². The molecule has 0 bridgehead atoms. The molecule has 4 rings (SSSR count). The molecule has 2 aromatic carbocycles. The monoisotopic (exact) mass is 470 g/mol. The van der Waals surface area contributed by atoms with Crippen LogP contribution in [0.1, 0.15) is 76.2 Å². The number of ether oxygens (including phenoxy) is 1. The van der Waals surface area contributed by atoms with Crippen LogP contribution in [0, 0.1) is 29.5 Å². The quantitative estimate of drug-likeness (QED) is 0.332. The Morgan fingerprint density at radius 2 is 1.36 bits per heavy atom. The van der Waals surface area contributed by atoms with Crippen molar-refractivity contribution in [2.75, 3.05) is 13.7 Å². The summed E-state index contributed by atoms with van der Waals surface area (Å²) in [5.41, 5.74) is 3.32. The Morgan fingerprint density at radius 3 is 1.94 bits per heavy atom. The first-order valence-corrected chi connectivity index (χ1v) is 13.5. The maximum atomic E-state index is 13.8. The molecule has 2 aliphatic rings. The van der Waals surface area contributed by atoms with E-state index >= 15 is 0 Å². The Hall–Kier alpha value is -1.38. The molecule has 0 heterocycles. The number of rotatable bonds is 9. The van der Waals surface area contributed by atoms with Crippen LogP contribution in [0.15, 0.2) is 42.5 Å². The summed E-state index contributed by atoms with van der Waals surface area (Å²) in [5.74, 6) is 3.47. The van der Waals surface area contributed by atoms with E-state index in [9.17, 15) is 4.39 Å². The van der Waals surface area contributed by atoms with Crippen LogP contribution in [0.4, 0.5) is 4.39 Å². The number of hydrogen-bond acceptors (Lipinski definition) is 1. The normalized spacial score (nSPS) is 25.8. The molecule has 0 radical (unpaired) electrons. The van der Waals surface area contributed by atoms with Crippen molar-refractivity contribution < 1.29 is 9.13 Å². The lowest BCUT2D eigenvalue weighted by Gasteiger charge is -2.38. The molecular weight excluding hydrogens is 431 g/mol. The molecule has 33 heavy (non-hydrogen) atoms. The fraction of sp³-hybridized carbons (Fsp3) is 0.600. The number of halogens is 2. The van der Waals surface area contributed by atoms with Gasteiger partial charge in [0.2, 0.25) is 0 Å². The van der Waals surface area contributed by atoms with Crippen LogP contribution in [0.3, 0.4) is 0 Å². The van der Waals surface area contributed by atoms with Crippen LogP contribution >= 0.6 is 11.6 Å². The Balaban J connectivity index is 1.17. The zero-order valence-corrected chi connectivity index (χ0v) is 21.0. The van der Waals surface area contributed by atoms with Gasteiger partial charge in [0.25, 0.3) is 0 Å². The summed E-state index contributed by atoms with van der Waals surface area (Å²) in [6.45, 7) is 0.927. The highest BCUT2D eigenvalue weighted by molar-refractivity contribution is 6.30. The van der Waals surface area contributed by atoms with Crippen molar-refractivity contribution in [1.82, 2.24) is 0 Å². The highest BCUT2D eigenvalue weighted by Crippen LogP contribution is 2.43. The Morgan fingerprint density at radius 1 is 0.788 bits per heavy atom. The minimum atomic E-state index is -0.357. The second kappa shape index (κ2) is 12.4. The third-order valence-corrected chi connectivity index (χ3v) is 8.76. The van der Waals surface area contributed by atoms with Crippen molar-refractivity contribution in [1.29, 1.82) is 0 Å². The summed E-state index contributed by atoms with van der Waals surface area (Å²) >= 11 is 5.81. The van der Waals surface area contributed by atoms with Crippen LogP contribution < -0.4 is 0 Å². The van der Waals surface area contributed by atoms with Crippen molar-refractivity contribution in [3.05, 3.63) is 58.9 Å². The maximum absolute atomic E-state index is 13.8. The summed E-state index contributed by atoms with van der Waals surface area (Å²) in [6, 6.07) is 13.7. The van der Waals surface area contributed by atoms with E-state index < -0.39 is 0 Å². The van der Waals surface area contributed by atoms with Gasteiger partial charge in [0, 0.05) is 13.7 Å². The average molecular weight is 471 g/mol. The molecule has 2 aromatic rings. The first-order valence-electron chi connectivity index (χ1n) is 13.2. The largest absolute Gasteiger partial charge is 0.385 e. The van der Waals surface area contributed by atoms with Gasteiger partial charge in [0.15, 0.2) is 0 Å². The first kappa shape index (κ1) is 24.7. The predicted octanol–water partition coefficient (Wildman–Crippen LogP) is 9.12. The lowest BCUT2D eigenvalue weighted by Crippen LogP contribution is -2.26. The third kappa shape index (κ3) is 7.06. The topological polar surface area (TPSA) is 9.23 Å². The van der Waals surface area contributed by atoms with Gasteiger partial charge in [-0.25, -0.2) is 4.39 Å². The fourth-order valence-corrected chi connectivity index (χ4v) is 6.44. The molecule has 0 aromatic heterocycles. The summed E-state index contributed by atoms with van der Waals surface area (Å²) in [4.78, 5) is 0. The highest BCUT2D eigenvalue weighted by Gasteiger charge is 2.30. The highest BCUT2D eigenvalue weighted by atomic mass is 35.5. The molecule has 3 heteroatoms. The van der Waals surface area contributed by atoms with Crippen LogP contribution in [-0.2, 0) is 11.2 Å². The Labute approximate surface area is 205 Å². The molecule has 0 atom stereocenters. The Kier molecular flexibility index (Phi) is 9.26. The molecule has 2 aliphatic carbocycles. The number of aryl methyl sites for hydroxylation is 1. The summed E-state index contributed by atoms with van der Waals surface area (Å²) in [7, 11) is 1.81. The summed E-state index contributed by atoms with van der Waals surface area (Å²) < 4.78 is 19.0. The van der Waals surface area contributed by atoms with Gasteiger partial charge in [-0.05, 0) is 104 Å². The van der Waals surface area contributed by atoms with Gasteiger partial charge >= 0.3 is 0 Å². The van der Waals surface area contributed by atoms with Crippen molar-refractivity contribution in [3.63, 3.8) is 0 Å². The molecule has 180 valence electrons. The smallest absolute Gasteiger partial charge is 0.142 e. The molecule has 0 aliphatic heterocycles. The Bertz CT molecular complexity index is 848. The van der Waals surface area contributed by atoms with E-state index in [1.807, 2.05) is 13.2 Å². The number of hydrogen-bond donors (Lipinski definition) is 0. The SMILES string of the molecule is COCCCC1CCC(C2CCC(CCc3ccc(-c4ccc(Cl)c(F)c4)cc3)CC2)CC1. The first-order chi connectivity index (χ1) is 16.1. The van der Waals surface area contributed by atoms with Gasteiger partial charge in [0.1, 0.15) is 5.82 Å². The van der Waals surface area contributed by atoms with Gasteiger partial charge in [-0.2, -0.15) is 0 Å². The van der Waals surface area contributed by atoms with Gasteiger partial charge in [-0.15, -0.1) is 0 Å². The van der Waals surface area contributed by atoms with Crippen LogP contribution in [0.25, 0.3) is 11.1 Å². The van der Waals surface area contributed by atoms with Crippen molar-refractivity contribution in [2.24, 2.45) is 23.7 Å². The zero-order valence-electron chi connectivity index (χ0n) is 20.2. The molecule has 0 saturated heterocycles. The second-order valence-electron chi connectivity index (χ2n) is 10.6. The molecule has 0 spiro atoms. The average Bonchev–Trinajstić information content (AvgIpc) is 2.86. The summed E-state index contributed by atoms with van der Waals surface area (Å²) in [6.07, 6.45) is 16.6. The van der Waals surface area contributed by atoms with E-state index in [0.717, 1.165) is 47.8 Å². The van der Waals surface area contributed by atoms with Gasteiger partial charge in [0.05, 0.1) is 5.02 Å². The van der Waals surface area contributed by atoms with Crippen molar-refractivity contribution in [2.45, 2.75) is 77.0 Å². The van der Waals surface area contributed by atoms with Gasteiger partial charge in [-0.1, -0.05) is 67.6 Å². The predicted molar refractivity (Wildman–Crippen MR) is 137 cm³/mol. The molecule has 0 unspecified atom stereocenters. The van der Waals surface area contributed by atoms with E-state index in [-0.39, 0.29) is 10.8 Å². The maximum Gasteiger partial charge on any atom is 0.142 e. The van der Waals surface area contributed by atoms with Crippen LogP contribution in [0.5, 0.6) is 0 Å². The minimum absolute atomic E-state index is 0.177. The summed E-state index contributed by atoms with van der Waals surface area (Å²) in [5, 5.41) is 0.177. The van der Waals surface area contributed by atoms with Gasteiger partial charge in [-0.3, -0.25) is 0 Å².